The Bertz CT molecular complexity index is 866. The quantitative estimate of drug-likeness (QED) is 0.824. The van der Waals surface area contributed by atoms with E-state index in [0.29, 0.717) is 24.2 Å². The molecule has 1 aromatic carbocycles. The highest BCUT2D eigenvalue weighted by molar-refractivity contribution is 5.85. The summed E-state index contributed by atoms with van der Waals surface area (Å²) in [5.41, 5.74) is 0.987. The van der Waals surface area contributed by atoms with Crippen LogP contribution in [0.5, 0.6) is 0 Å². The van der Waals surface area contributed by atoms with E-state index in [1.807, 2.05) is 4.90 Å². The first-order chi connectivity index (χ1) is 13.6. The van der Waals surface area contributed by atoms with Gasteiger partial charge in [-0.2, -0.15) is 4.98 Å². The predicted octanol–water partition coefficient (Wildman–Crippen LogP) is 3.39. The zero-order chi connectivity index (χ0) is 19.1. The molecule has 2 aromatic rings. The van der Waals surface area contributed by atoms with E-state index in [2.05, 4.69) is 15.5 Å². The molecule has 1 aromatic heterocycles. The van der Waals surface area contributed by atoms with Crippen LogP contribution in [0.15, 0.2) is 28.8 Å². The van der Waals surface area contributed by atoms with Crippen LogP contribution in [0.2, 0.25) is 0 Å². The van der Waals surface area contributed by atoms with Crippen molar-refractivity contribution in [3.05, 3.63) is 36.0 Å². The van der Waals surface area contributed by atoms with Crippen molar-refractivity contribution in [3.8, 4) is 11.4 Å². The number of nitrogens with zero attached hydrogens (tertiary/aromatic N) is 3. The van der Waals surface area contributed by atoms with E-state index in [1.165, 1.54) is 12.1 Å². The number of carbonyl (C=O) groups excluding carboxylic acids is 1. The van der Waals surface area contributed by atoms with Gasteiger partial charge in [-0.15, -0.1) is 12.4 Å². The minimum absolute atomic E-state index is 0. The van der Waals surface area contributed by atoms with E-state index in [9.17, 15) is 9.18 Å². The van der Waals surface area contributed by atoms with Gasteiger partial charge in [0.2, 0.25) is 17.6 Å². The molecule has 5 rings (SSSR count). The van der Waals surface area contributed by atoms with Gasteiger partial charge in [-0.25, -0.2) is 4.39 Å². The zero-order valence-electron chi connectivity index (χ0n) is 16.3. The number of hydrogen-bond acceptors (Lipinski definition) is 5. The Balaban J connectivity index is 0.00000205. The molecule has 2 atom stereocenters. The molecular weight excluding hydrogens is 395 g/mol. The van der Waals surface area contributed by atoms with Crippen molar-refractivity contribution in [2.75, 3.05) is 26.2 Å². The lowest BCUT2D eigenvalue weighted by molar-refractivity contribution is -0.135. The third-order valence-corrected chi connectivity index (χ3v) is 6.71. The van der Waals surface area contributed by atoms with Crippen LogP contribution in [0.4, 0.5) is 4.39 Å². The Hall–Kier alpha value is -1.99. The second-order valence-corrected chi connectivity index (χ2v) is 8.46. The van der Waals surface area contributed by atoms with Crippen molar-refractivity contribution in [3.63, 3.8) is 0 Å². The van der Waals surface area contributed by atoms with Crippen LogP contribution in [-0.4, -0.2) is 47.1 Å². The Morgan fingerprint density at radius 3 is 2.76 bits per heavy atom. The molecule has 3 fully saturated rings. The number of carbonyl (C=O) groups is 1. The number of nitrogens with one attached hydrogen (secondary N) is 1. The maximum atomic E-state index is 13.1. The van der Waals surface area contributed by atoms with Crippen molar-refractivity contribution < 1.29 is 13.7 Å². The smallest absolute Gasteiger partial charge is 0.231 e. The first-order valence-corrected chi connectivity index (χ1v) is 10.2. The second kappa shape index (κ2) is 8.03. The lowest BCUT2D eigenvalue weighted by atomic mass is 9.91. The first kappa shape index (κ1) is 20.3. The van der Waals surface area contributed by atoms with Gasteiger partial charge < -0.3 is 14.7 Å². The Kier molecular flexibility index (Phi) is 5.62. The Morgan fingerprint density at radius 2 is 2.00 bits per heavy atom. The van der Waals surface area contributed by atoms with E-state index < -0.39 is 0 Å². The van der Waals surface area contributed by atoms with Crippen LogP contribution >= 0.6 is 12.4 Å². The molecule has 2 aliphatic heterocycles. The van der Waals surface area contributed by atoms with Crippen molar-refractivity contribution >= 4 is 18.3 Å². The highest BCUT2D eigenvalue weighted by Gasteiger charge is 2.58. The fourth-order valence-corrected chi connectivity index (χ4v) is 4.89. The number of halogens is 2. The molecule has 1 N–H and O–H groups in total. The predicted molar refractivity (Wildman–Crippen MR) is 108 cm³/mol. The fraction of sp³-hybridized carbons (Fsp3) is 0.571. The summed E-state index contributed by atoms with van der Waals surface area (Å²) in [6, 6.07) is 6.07. The lowest BCUT2D eigenvalue weighted by Crippen LogP contribution is -2.41. The summed E-state index contributed by atoms with van der Waals surface area (Å²) >= 11 is 0. The largest absolute Gasteiger partial charge is 0.342 e. The average Bonchev–Trinajstić information content (AvgIpc) is 3.19. The molecule has 0 bridgehead atoms. The summed E-state index contributed by atoms with van der Waals surface area (Å²) in [4.78, 5) is 19.6. The maximum absolute atomic E-state index is 13.1. The van der Waals surface area contributed by atoms with Crippen molar-refractivity contribution in [1.29, 1.82) is 0 Å². The van der Waals surface area contributed by atoms with Gasteiger partial charge in [-0.1, -0.05) is 5.16 Å². The molecule has 1 aliphatic carbocycles. The molecule has 1 amide bonds. The van der Waals surface area contributed by atoms with Crippen molar-refractivity contribution in [2.45, 2.75) is 38.0 Å². The molecule has 1 saturated carbocycles. The molecule has 0 radical (unpaired) electrons. The number of aromatic nitrogens is 2. The number of piperidine rings is 2. The van der Waals surface area contributed by atoms with Crippen LogP contribution in [0.1, 0.15) is 43.9 Å². The zero-order valence-corrected chi connectivity index (χ0v) is 17.1. The SMILES string of the molecule is Cl.O=C(C1CC12CCNCC2)N1CCCC(c2nc(-c3ccc(F)cc3)no2)C1. The summed E-state index contributed by atoms with van der Waals surface area (Å²) in [5.74, 6) is 1.33. The third kappa shape index (κ3) is 3.90. The number of hydrogen-bond donors (Lipinski definition) is 1. The van der Waals surface area contributed by atoms with Gasteiger partial charge in [-0.05, 0) is 74.9 Å². The minimum atomic E-state index is -0.291. The van der Waals surface area contributed by atoms with Gasteiger partial charge in [-0.3, -0.25) is 4.79 Å². The van der Waals surface area contributed by atoms with Crippen molar-refractivity contribution in [2.24, 2.45) is 11.3 Å². The molecule has 156 valence electrons. The standard InChI is InChI=1S/C21H25FN4O2.ClH/c22-16-5-3-14(4-6-16)18-24-19(28-25-18)15-2-1-11-26(13-15)20(27)17-12-21(17)7-9-23-10-8-21;/h3-6,15,17,23H,1-2,7-13H2;1H. The van der Waals surface area contributed by atoms with Crippen LogP contribution in [-0.2, 0) is 4.79 Å². The fourth-order valence-electron chi connectivity index (χ4n) is 4.89. The normalized spacial score (nSPS) is 25.5. The summed E-state index contributed by atoms with van der Waals surface area (Å²) < 4.78 is 18.6. The van der Waals surface area contributed by atoms with Crippen LogP contribution in [0, 0.1) is 17.2 Å². The number of benzene rings is 1. The van der Waals surface area contributed by atoms with Gasteiger partial charge in [0.05, 0.1) is 5.92 Å². The molecule has 6 nitrogen and oxygen atoms in total. The second-order valence-electron chi connectivity index (χ2n) is 8.46. The first-order valence-electron chi connectivity index (χ1n) is 10.2. The van der Waals surface area contributed by atoms with Gasteiger partial charge in [0.1, 0.15) is 5.82 Å². The molecule has 29 heavy (non-hydrogen) atoms. The molecule has 1 spiro atoms. The Labute approximate surface area is 175 Å². The third-order valence-electron chi connectivity index (χ3n) is 6.71. The molecular formula is C21H26ClFN4O2. The van der Waals surface area contributed by atoms with Gasteiger partial charge in [0, 0.05) is 24.6 Å². The topological polar surface area (TPSA) is 71.3 Å². The Morgan fingerprint density at radius 1 is 1.24 bits per heavy atom. The van der Waals surface area contributed by atoms with E-state index in [-0.39, 0.29) is 35.5 Å². The van der Waals surface area contributed by atoms with E-state index in [0.717, 1.165) is 57.3 Å². The molecule has 3 heterocycles. The number of likely N-dealkylation sites (tertiary alicyclic amines) is 1. The molecule has 2 unspecified atom stereocenters. The summed E-state index contributed by atoms with van der Waals surface area (Å²) in [6.45, 7) is 3.52. The van der Waals surface area contributed by atoms with Crippen molar-refractivity contribution in [1.82, 2.24) is 20.4 Å². The monoisotopic (exact) mass is 420 g/mol. The lowest BCUT2D eigenvalue weighted by Gasteiger charge is -2.32. The maximum Gasteiger partial charge on any atom is 0.231 e. The van der Waals surface area contributed by atoms with Gasteiger partial charge in [0.25, 0.3) is 0 Å². The molecule has 8 heteroatoms. The van der Waals surface area contributed by atoms with Crippen LogP contribution < -0.4 is 5.32 Å². The van der Waals surface area contributed by atoms with E-state index >= 15 is 0 Å². The van der Waals surface area contributed by atoms with Gasteiger partial charge >= 0.3 is 0 Å². The highest BCUT2D eigenvalue weighted by Crippen LogP contribution is 2.59. The summed E-state index contributed by atoms with van der Waals surface area (Å²) in [7, 11) is 0. The highest BCUT2D eigenvalue weighted by atomic mass is 35.5. The summed E-state index contributed by atoms with van der Waals surface area (Å²) in [5, 5.41) is 7.45. The van der Waals surface area contributed by atoms with Crippen LogP contribution in [0.25, 0.3) is 11.4 Å². The minimum Gasteiger partial charge on any atom is -0.342 e. The van der Waals surface area contributed by atoms with Crippen LogP contribution in [0.3, 0.4) is 0 Å². The number of rotatable bonds is 3. The molecule has 2 saturated heterocycles. The van der Waals surface area contributed by atoms with Gasteiger partial charge in [0.15, 0.2) is 0 Å². The average molecular weight is 421 g/mol. The molecule has 3 aliphatic rings. The number of amides is 1. The van der Waals surface area contributed by atoms with E-state index in [1.54, 1.807) is 12.1 Å². The summed E-state index contributed by atoms with van der Waals surface area (Å²) in [6.07, 6.45) is 5.17. The van der Waals surface area contributed by atoms with E-state index in [4.69, 9.17) is 4.52 Å².